The molecule has 0 aliphatic carbocycles. The van der Waals surface area contributed by atoms with Gasteiger partial charge in [0.25, 0.3) is 0 Å². The maximum atomic E-state index is 4.61. The van der Waals surface area contributed by atoms with Crippen molar-refractivity contribution in [3.63, 3.8) is 0 Å². The first-order chi connectivity index (χ1) is 8.10. The molecule has 96 valence electrons. The summed E-state index contributed by atoms with van der Waals surface area (Å²) in [7, 11) is 0. The average molecular weight is 235 g/mol. The maximum absolute atomic E-state index is 4.61. The highest BCUT2D eigenvalue weighted by atomic mass is 14.9. The van der Waals surface area contributed by atoms with Crippen LogP contribution in [0.1, 0.15) is 55.9 Å². The van der Waals surface area contributed by atoms with Crippen molar-refractivity contribution in [2.75, 3.05) is 13.1 Å². The van der Waals surface area contributed by atoms with Crippen LogP contribution in [0.15, 0.2) is 0 Å². The van der Waals surface area contributed by atoms with E-state index in [4.69, 9.17) is 0 Å². The van der Waals surface area contributed by atoms with Crippen molar-refractivity contribution in [2.24, 2.45) is 0 Å². The van der Waals surface area contributed by atoms with Gasteiger partial charge in [-0.05, 0) is 38.3 Å². The predicted molar refractivity (Wildman–Crippen MR) is 72.5 cm³/mol. The molecule has 1 rings (SSSR count). The van der Waals surface area contributed by atoms with Gasteiger partial charge in [-0.1, -0.05) is 20.8 Å². The van der Waals surface area contributed by atoms with Gasteiger partial charge in [0.1, 0.15) is 5.82 Å². The summed E-state index contributed by atoms with van der Waals surface area (Å²) in [6, 6.07) is 0. The first-order valence-electron chi connectivity index (χ1n) is 6.64. The van der Waals surface area contributed by atoms with Crippen LogP contribution in [0.5, 0.6) is 0 Å². The summed E-state index contributed by atoms with van der Waals surface area (Å²) in [6.07, 6.45) is 2.08. The molecule has 0 aromatic carbocycles. The van der Waals surface area contributed by atoms with E-state index < -0.39 is 0 Å². The molecule has 0 saturated heterocycles. The predicted octanol–water partition coefficient (Wildman–Crippen LogP) is 2.76. The second kappa shape index (κ2) is 6.70. The number of nitrogens with one attached hydrogen (secondary N) is 1. The molecule has 1 N–H and O–H groups in total. The summed E-state index contributed by atoms with van der Waals surface area (Å²) in [5, 5.41) is 3.39. The van der Waals surface area contributed by atoms with Gasteiger partial charge >= 0.3 is 0 Å². The van der Waals surface area contributed by atoms with E-state index in [0.29, 0.717) is 5.92 Å². The molecular weight excluding hydrogens is 210 g/mol. The largest absolute Gasteiger partial charge is 0.316 e. The van der Waals surface area contributed by atoms with Crippen molar-refractivity contribution in [1.82, 2.24) is 15.3 Å². The molecule has 0 bridgehead atoms. The molecule has 0 radical (unpaired) electrons. The summed E-state index contributed by atoms with van der Waals surface area (Å²) >= 11 is 0. The Morgan fingerprint density at radius 2 is 1.71 bits per heavy atom. The smallest absolute Gasteiger partial charge is 0.128 e. The molecule has 0 fully saturated rings. The minimum atomic E-state index is 0.477. The van der Waals surface area contributed by atoms with Gasteiger partial charge in [0.05, 0.1) is 0 Å². The molecule has 0 aliphatic rings. The number of likely N-dealkylation sites (N-methyl/N-ethyl adjacent to an activating group) is 1. The molecule has 1 atom stereocenters. The molecule has 0 spiro atoms. The molecule has 0 aliphatic heterocycles. The fourth-order valence-electron chi connectivity index (χ4n) is 2.31. The fraction of sp³-hybridized carbons (Fsp3) is 0.714. The quantitative estimate of drug-likeness (QED) is 0.824. The molecule has 1 aromatic rings. The van der Waals surface area contributed by atoms with E-state index in [1.807, 2.05) is 0 Å². The molecule has 3 heteroatoms. The van der Waals surface area contributed by atoms with Crippen LogP contribution < -0.4 is 5.32 Å². The minimum Gasteiger partial charge on any atom is -0.316 e. The van der Waals surface area contributed by atoms with E-state index in [1.54, 1.807) is 0 Å². The zero-order valence-corrected chi connectivity index (χ0v) is 11.8. The van der Waals surface area contributed by atoms with Crippen LogP contribution in [0.4, 0.5) is 0 Å². The van der Waals surface area contributed by atoms with Crippen LogP contribution in [0, 0.1) is 13.8 Å². The maximum Gasteiger partial charge on any atom is 0.128 e. The number of hydrogen-bond donors (Lipinski definition) is 1. The van der Waals surface area contributed by atoms with Crippen molar-refractivity contribution in [3.8, 4) is 0 Å². The minimum absolute atomic E-state index is 0.477. The monoisotopic (exact) mass is 235 g/mol. The Morgan fingerprint density at radius 1 is 1.12 bits per heavy atom. The second-order valence-corrected chi connectivity index (χ2v) is 4.68. The van der Waals surface area contributed by atoms with Crippen LogP contribution >= 0.6 is 0 Å². The first-order valence-corrected chi connectivity index (χ1v) is 6.64. The standard InChI is InChI=1S/C14H25N3/c1-6-8-13-16-11(4)14(12(5)17-13)10(3)9-15-7-2/h10,15H,6-9H2,1-5H3. The lowest BCUT2D eigenvalue weighted by Gasteiger charge is -2.17. The number of aryl methyl sites for hydroxylation is 3. The number of aromatic nitrogens is 2. The van der Waals surface area contributed by atoms with Crippen LogP contribution in [0.2, 0.25) is 0 Å². The van der Waals surface area contributed by atoms with Crippen molar-refractivity contribution < 1.29 is 0 Å². The van der Waals surface area contributed by atoms with Gasteiger partial charge < -0.3 is 5.32 Å². The van der Waals surface area contributed by atoms with E-state index in [-0.39, 0.29) is 0 Å². The van der Waals surface area contributed by atoms with Gasteiger partial charge in [-0.25, -0.2) is 9.97 Å². The third-order valence-electron chi connectivity index (χ3n) is 3.04. The third kappa shape index (κ3) is 3.77. The first kappa shape index (κ1) is 14.1. The molecule has 3 nitrogen and oxygen atoms in total. The van der Waals surface area contributed by atoms with Crippen LogP contribution in [0.3, 0.4) is 0 Å². The van der Waals surface area contributed by atoms with Gasteiger partial charge in [-0.3, -0.25) is 0 Å². The lowest BCUT2D eigenvalue weighted by Crippen LogP contribution is -2.21. The van der Waals surface area contributed by atoms with Crippen LogP contribution in [0.25, 0.3) is 0 Å². The van der Waals surface area contributed by atoms with Gasteiger partial charge in [0, 0.05) is 24.4 Å². The van der Waals surface area contributed by atoms with Crippen molar-refractivity contribution >= 4 is 0 Å². The topological polar surface area (TPSA) is 37.8 Å². The van der Waals surface area contributed by atoms with Crippen molar-refractivity contribution in [1.29, 1.82) is 0 Å². The van der Waals surface area contributed by atoms with Gasteiger partial charge in [-0.2, -0.15) is 0 Å². The Hall–Kier alpha value is -0.960. The highest BCUT2D eigenvalue weighted by Crippen LogP contribution is 2.21. The second-order valence-electron chi connectivity index (χ2n) is 4.68. The Kier molecular flexibility index (Phi) is 5.56. The zero-order valence-electron chi connectivity index (χ0n) is 11.8. The van der Waals surface area contributed by atoms with Crippen molar-refractivity contribution in [2.45, 2.75) is 53.4 Å². The lowest BCUT2D eigenvalue weighted by atomic mass is 9.98. The van der Waals surface area contributed by atoms with E-state index in [2.05, 4.69) is 49.9 Å². The molecule has 1 unspecified atom stereocenters. The third-order valence-corrected chi connectivity index (χ3v) is 3.04. The molecule has 1 heterocycles. The summed E-state index contributed by atoms with van der Waals surface area (Å²) in [5.74, 6) is 1.47. The average Bonchev–Trinajstić information content (AvgIpc) is 2.25. The van der Waals surface area contributed by atoms with Crippen LogP contribution in [-0.2, 0) is 6.42 Å². The molecule has 17 heavy (non-hydrogen) atoms. The van der Waals surface area contributed by atoms with Gasteiger partial charge in [-0.15, -0.1) is 0 Å². The number of nitrogens with zero attached hydrogens (tertiary/aromatic N) is 2. The van der Waals surface area contributed by atoms with E-state index >= 15 is 0 Å². The Bertz CT molecular complexity index is 337. The molecule has 1 aromatic heterocycles. The van der Waals surface area contributed by atoms with Gasteiger partial charge in [0.2, 0.25) is 0 Å². The van der Waals surface area contributed by atoms with E-state index in [0.717, 1.165) is 43.1 Å². The van der Waals surface area contributed by atoms with E-state index in [1.165, 1.54) is 5.56 Å². The lowest BCUT2D eigenvalue weighted by molar-refractivity contribution is 0.621. The summed E-state index contributed by atoms with van der Waals surface area (Å²) < 4.78 is 0. The summed E-state index contributed by atoms with van der Waals surface area (Å²) in [4.78, 5) is 9.23. The van der Waals surface area contributed by atoms with Crippen LogP contribution in [-0.4, -0.2) is 23.1 Å². The molecule has 0 amide bonds. The molecular formula is C14H25N3. The van der Waals surface area contributed by atoms with Gasteiger partial charge in [0.15, 0.2) is 0 Å². The van der Waals surface area contributed by atoms with E-state index in [9.17, 15) is 0 Å². The Balaban J connectivity index is 2.92. The Morgan fingerprint density at radius 3 is 2.18 bits per heavy atom. The highest BCUT2D eigenvalue weighted by molar-refractivity contribution is 5.28. The fourth-order valence-corrected chi connectivity index (χ4v) is 2.31. The normalized spacial score (nSPS) is 12.8. The summed E-state index contributed by atoms with van der Waals surface area (Å²) in [6.45, 7) is 12.7. The number of hydrogen-bond acceptors (Lipinski definition) is 3. The number of rotatable bonds is 6. The summed E-state index contributed by atoms with van der Waals surface area (Å²) in [5.41, 5.74) is 3.60. The zero-order chi connectivity index (χ0) is 12.8. The highest BCUT2D eigenvalue weighted by Gasteiger charge is 2.14. The SMILES string of the molecule is CCCc1nc(C)c(C(C)CNCC)c(C)n1. The Labute approximate surface area is 105 Å². The van der Waals surface area contributed by atoms with Crippen molar-refractivity contribution in [3.05, 3.63) is 22.8 Å². The molecule has 0 saturated carbocycles.